The summed E-state index contributed by atoms with van der Waals surface area (Å²) in [5, 5.41) is 5.90. The third-order valence-corrected chi connectivity index (χ3v) is 14.6. The number of benzene rings is 2. The van der Waals surface area contributed by atoms with Crippen molar-refractivity contribution < 1.29 is 21.2 Å². The third-order valence-electron chi connectivity index (χ3n) is 8.65. The summed E-state index contributed by atoms with van der Waals surface area (Å²) in [7, 11) is -7.13. The van der Waals surface area contributed by atoms with Gasteiger partial charge in [0.25, 0.3) is 8.32 Å². The van der Waals surface area contributed by atoms with Gasteiger partial charge in [0.1, 0.15) is 12.2 Å². The summed E-state index contributed by atoms with van der Waals surface area (Å²) in [5.41, 5.74) is 9.49. The molecular formula is C34H53N3O5SSi. The van der Waals surface area contributed by atoms with E-state index in [0.29, 0.717) is 6.42 Å². The van der Waals surface area contributed by atoms with Crippen molar-refractivity contribution in [3.05, 3.63) is 71.1 Å². The molecule has 0 aliphatic carbocycles. The fourth-order valence-corrected chi connectivity index (χ4v) is 12.0. The van der Waals surface area contributed by atoms with Gasteiger partial charge in [-0.05, 0) is 27.4 Å². The molecule has 2 aromatic carbocycles. The van der Waals surface area contributed by atoms with Crippen molar-refractivity contribution in [2.75, 3.05) is 6.61 Å². The van der Waals surface area contributed by atoms with Crippen molar-refractivity contribution >= 4 is 29.1 Å². The number of unbranched alkanes of at least 4 members (excludes halogenated alkanes) is 11. The van der Waals surface area contributed by atoms with E-state index in [2.05, 4.69) is 62.0 Å². The van der Waals surface area contributed by atoms with E-state index in [-0.39, 0.29) is 11.6 Å². The zero-order valence-corrected chi connectivity index (χ0v) is 29.0. The Bertz CT molecular complexity index is 1210. The molecule has 0 bridgehead atoms. The minimum Gasteiger partial charge on any atom is -0.407 e. The Morgan fingerprint density at radius 1 is 0.818 bits per heavy atom. The maximum Gasteiger partial charge on any atom is 0.400 e. The molecule has 1 aliphatic rings. The molecular weight excluding hydrogens is 591 g/mol. The van der Waals surface area contributed by atoms with Gasteiger partial charge in [0.15, 0.2) is 0 Å². The lowest BCUT2D eigenvalue weighted by Gasteiger charge is -2.43. The second-order valence-electron chi connectivity index (χ2n) is 13.0. The van der Waals surface area contributed by atoms with Gasteiger partial charge in [0.05, 0.1) is 6.04 Å². The topological polar surface area (TPSA) is 111 Å². The van der Waals surface area contributed by atoms with Crippen LogP contribution >= 0.6 is 0 Å². The van der Waals surface area contributed by atoms with Crippen LogP contribution < -0.4 is 10.4 Å². The number of rotatable bonds is 20. The van der Waals surface area contributed by atoms with E-state index in [1.165, 1.54) is 57.8 Å². The average Bonchev–Trinajstić information content (AvgIpc) is 3.31. The van der Waals surface area contributed by atoms with E-state index in [1.54, 1.807) is 0 Å². The molecule has 0 aromatic heterocycles. The first kappa shape index (κ1) is 36.3. The van der Waals surface area contributed by atoms with Crippen LogP contribution in [0.2, 0.25) is 5.04 Å². The lowest BCUT2D eigenvalue weighted by Crippen LogP contribution is -2.67. The third kappa shape index (κ3) is 10.4. The van der Waals surface area contributed by atoms with E-state index >= 15 is 0 Å². The predicted molar refractivity (Wildman–Crippen MR) is 181 cm³/mol. The quantitative estimate of drug-likeness (QED) is 0.0473. The summed E-state index contributed by atoms with van der Waals surface area (Å²) >= 11 is 0. The van der Waals surface area contributed by atoms with Crippen LogP contribution in [-0.2, 0) is 23.2 Å². The van der Waals surface area contributed by atoms with Gasteiger partial charge < -0.3 is 4.43 Å². The lowest BCUT2D eigenvalue weighted by molar-refractivity contribution is 0.0976. The van der Waals surface area contributed by atoms with Gasteiger partial charge in [-0.2, -0.15) is 8.42 Å². The Morgan fingerprint density at radius 2 is 1.30 bits per heavy atom. The van der Waals surface area contributed by atoms with Gasteiger partial charge in [-0.25, -0.2) is 8.37 Å². The highest BCUT2D eigenvalue weighted by atomic mass is 32.3. The SMILES string of the molecule is CCCCCCCCCCCCCC[C@H]1OS(=O)(=O)O[C@H]1[C@H](CO[Si](c1ccccc1)(c1ccccc1)C(C)(C)C)N=[N+]=[N-]. The second kappa shape index (κ2) is 18.1. The van der Waals surface area contributed by atoms with Crippen LogP contribution in [0.5, 0.6) is 0 Å². The van der Waals surface area contributed by atoms with Crippen molar-refractivity contribution in [1.29, 1.82) is 0 Å². The molecule has 3 atom stereocenters. The van der Waals surface area contributed by atoms with Gasteiger partial charge in [-0.3, -0.25) is 0 Å². The van der Waals surface area contributed by atoms with Crippen molar-refractivity contribution in [2.45, 2.75) is 134 Å². The maximum atomic E-state index is 12.5. The van der Waals surface area contributed by atoms with Crippen molar-refractivity contribution in [2.24, 2.45) is 5.11 Å². The van der Waals surface area contributed by atoms with E-state index in [4.69, 9.17) is 12.8 Å². The number of azide groups is 1. The van der Waals surface area contributed by atoms with Gasteiger partial charge in [0, 0.05) is 11.5 Å². The fourth-order valence-electron chi connectivity index (χ4n) is 6.37. The molecule has 2 aromatic rings. The zero-order valence-electron chi connectivity index (χ0n) is 27.2. The van der Waals surface area contributed by atoms with Crippen molar-refractivity contribution in [3.8, 4) is 0 Å². The monoisotopic (exact) mass is 643 g/mol. The smallest absolute Gasteiger partial charge is 0.400 e. The largest absolute Gasteiger partial charge is 0.407 e. The Balaban J connectivity index is 1.65. The molecule has 0 spiro atoms. The van der Waals surface area contributed by atoms with Crippen LogP contribution in [0.25, 0.3) is 10.4 Å². The molecule has 244 valence electrons. The molecule has 0 radical (unpaired) electrons. The van der Waals surface area contributed by atoms with E-state index in [9.17, 15) is 13.9 Å². The first-order valence-electron chi connectivity index (χ1n) is 16.6. The van der Waals surface area contributed by atoms with E-state index in [1.807, 2.05) is 36.4 Å². The normalized spacial score (nSPS) is 19.0. The van der Waals surface area contributed by atoms with Gasteiger partial charge in [0.2, 0.25) is 0 Å². The number of nitrogens with zero attached hydrogens (tertiary/aromatic N) is 3. The van der Waals surface area contributed by atoms with Gasteiger partial charge in [-0.1, -0.05) is 171 Å². The molecule has 1 aliphatic heterocycles. The van der Waals surface area contributed by atoms with Crippen LogP contribution in [0.3, 0.4) is 0 Å². The molecule has 1 heterocycles. The molecule has 8 nitrogen and oxygen atoms in total. The first-order chi connectivity index (χ1) is 21.1. The summed E-state index contributed by atoms with van der Waals surface area (Å²) in [6, 6.07) is 19.5. The molecule has 0 amide bonds. The van der Waals surface area contributed by atoms with Gasteiger partial charge in [-0.15, -0.1) is 0 Å². The zero-order chi connectivity index (χ0) is 31.9. The van der Waals surface area contributed by atoms with Crippen molar-refractivity contribution in [1.82, 2.24) is 0 Å². The van der Waals surface area contributed by atoms with Crippen LogP contribution in [0.1, 0.15) is 111 Å². The maximum absolute atomic E-state index is 12.5. The Hall–Kier alpha value is -2.20. The Labute approximate surface area is 267 Å². The average molecular weight is 644 g/mol. The highest BCUT2D eigenvalue weighted by Crippen LogP contribution is 2.38. The lowest BCUT2D eigenvalue weighted by atomic mass is 10.00. The van der Waals surface area contributed by atoms with Crippen LogP contribution in [0, 0.1) is 0 Å². The minimum atomic E-state index is -4.19. The molecule has 0 saturated carbocycles. The summed E-state index contributed by atoms with van der Waals surface area (Å²) in [6.07, 6.45) is 13.5. The highest BCUT2D eigenvalue weighted by molar-refractivity contribution is 7.82. The Morgan fingerprint density at radius 3 is 1.75 bits per heavy atom. The molecule has 44 heavy (non-hydrogen) atoms. The van der Waals surface area contributed by atoms with Crippen LogP contribution in [-0.4, -0.2) is 41.6 Å². The second-order valence-corrected chi connectivity index (χ2v) is 18.5. The summed E-state index contributed by atoms with van der Waals surface area (Å²) in [4.78, 5) is 3.07. The number of hydrogen-bond acceptors (Lipinski definition) is 6. The predicted octanol–water partition coefficient (Wildman–Crippen LogP) is 8.36. The molecule has 1 fully saturated rings. The highest BCUT2D eigenvalue weighted by Gasteiger charge is 2.52. The van der Waals surface area contributed by atoms with E-state index < -0.39 is 37.0 Å². The van der Waals surface area contributed by atoms with Crippen LogP contribution in [0.15, 0.2) is 65.8 Å². The van der Waals surface area contributed by atoms with E-state index in [0.717, 1.165) is 29.6 Å². The molecule has 10 heteroatoms. The summed E-state index contributed by atoms with van der Waals surface area (Å²) in [6.45, 7) is 8.75. The minimum absolute atomic E-state index is 0.00975. The molecule has 0 N–H and O–H groups in total. The molecule has 1 saturated heterocycles. The standard InChI is InChI=1S/C34H53N3O5SSi/c1-5-6-7-8-9-10-11-12-13-14-15-22-27-32-33(42-43(38,39)41-32)31(36-37-35)28-40-44(34(2,3)4,29-23-18-16-19-24-29)30-25-20-17-21-26-30/h16-21,23-26,31-33H,5-15,22,27-28H2,1-4H3/t31-,32+,33-/m0/s1. The molecule has 0 unspecified atom stereocenters. The summed E-state index contributed by atoms with van der Waals surface area (Å²) < 4.78 is 42.7. The first-order valence-corrected chi connectivity index (χ1v) is 19.8. The summed E-state index contributed by atoms with van der Waals surface area (Å²) in [5.74, 6) is 0. The number of hydrogen-bond donors (Lipinski definition) is 0. The van der Waals surface area contributed by atoms with Crippen LogP contribution in [0.4, 0.5) is 0 Å². The Kier molecular flexibility index (Phi) is 14.9. The molecule has 3 rings (SSSR count). The van der Waals surface area contributed by atoms with Gasteiger partial charge >= 0.3 is 10.4 Å². The van der Waals surface area contributed by atoms with Crippen molar-refractivity contribution in [3.63, 3.8) is 0 Å². The fraction of sp³-hybridized carbons (Fsp3) is 0.647.